The maximum absolute atomic E-state index is 13.0. The van der Waals surface area contributed by atoms with Gasteiger partial charge >= 0.3 is 0 Å². The second kappa shape index (κ2) is 8.66. The summed E-state index contributed by atoms with van der Waals surface area (Å²) in [5, 5.41) is 11.9. The molecule has 0 unspecified atom stereocenters. The summed E-state index contributed by atoms with van der Waals surface area (Å²) < 4.78 is 5.09. The van der Waals surface area contributed by atoms with E-state index in [9.17, 15) is 19.7 Å². The smallest absolute Gasteiger partial charge is 0.270 e. The van der Waals surface area contributed by atoms with E-state index in [1.807, 2.05) is 25.1 Å². The molecule has 1 amide bonds. The number of aromatic amines is 1. The first-order valence-corrected chi connectivity index (χ1v) is 9.04. The number of ether oxygens (including phenoxy) is 1. The zero-order chi connectivity index (χ0) is 21.0. The maximum Gasteiger partial charge on any atom is 0.270 e. The summed E-state index contributed by atoms with van der Waals surface area (Å²) in [6.07, 6.45) is 0. The SMILES string of the molecule is COCCN(Cc1cc2cc(C)ccc2[nH]c1=O)C(=O)c1cccc([N+](=O)[O-])c1. The molecule has 3 aromatic rings. The van der Waals surface area contributed by atoms with Crippen molar-refractivity contribution in [3.05, 3.63) is 85.7 Å². The number of hydrogen-bond acceptors (Lipinski definition) is 5. The first-order valence-electron chi connectivity index (χ1n) is 9.04. The van der Waals surface area contributed by atoms with E-state index in [-0.39, 0.29) is 36.5 Å². The molecule has 29 heavy (non-hydrogen) atoms. The van der Waals surface area contributed by atoms with Crippen LogP contribution >= 0.6 is 0 Å². The number of aromatic nitrogens is 1. The molecule has 0 spiro atoms. The third-order valence-corrected chi connectivity index (χ3v) is 4.59. The Hall–Kier alpha value is -3.52. The lowest BCUT2D eigenvalue weighted by atomic mass is 10.1. The first kappa shape index (κ1) is 20.2. The van der Waals surface area contributed by atoms with E-state index in [1.54, 1.807) is 6.07 Å². The van der Waals surface area contributed by atoms with Gasteiger partial charge in [-0.3, -0.25) is 19.7 Å². The van der Waals surface area contributed by atoms with Crippen LogP contribution in [0.15, 0.2) is 53.3 Å². The van der Waals surface area contributed by atoms with Gasteiger partial charge in [0.1, 0.15) is 0 Å². The number of aryl methyl sites for hydroxylation is 1. The molecule has 8 heteroatoms. The van der Waals surface area contributed by atoms with Gasteiger partial charge in [-0.15, -0.1) is 0 Å². The number of benzene rings is 2. The van der Waals surface area contributed by atoms with Gasteiger partial charge in [0.25, 0.3) is 17.2 Å². The lowest BCUT2D eigenvalue weighted by Crippen LogP contribution is -2.35. The Morgan fingerprint density at radius 2 is 2.00 bits per heavy atom. The van der Waals surface area contributed by atoms with Crippen molar-refractivity contribution in [2.75, 3.05) is 20.3 Å². The number of nitro groups is 1. The maximum atomic E-state index is 13.0. The van der Waals surface area contributed by atoms with Crippen LogP contribution in [0.25, 0.3) is 10.9 Å². The van der Waals surface area contributed by atoms with Crippen molar-refractivity contribution in [2.24, 2.45) is 0 Å². The minimum atomic E-state index is -0.549. The van der Waals surface area contributed by atoms with Crippen LogP contribution < -0.4 is 5.56 Å². The Kier molecular flexibility index (Phi) is 6.04. The Morgan fingerprint density at radius 1 is 1.21 bits per heavy atom. The van der Waals surface area contributed by atoms with Crippen molar-refractivity contribution in [3.8, 4) is 0 Å². The van der Waals surface area contributed by atoms with Crippen LogP contribution in [-0.4, -0.2) is 41.0 Å². The fraction of sp³-hybridized carbons (Fsp3) is 0.238. The molecule has 0 atom stereocenters. The molecular formula is C21H21N3O5. The van der Waals surface area contributed by atoms with Crippen molar-refractivity contribution >= 4 is 22.5 Å². The third kappa shape index (κ3) is 4.67. The van der Waals surface area contributed by atoms with Gasteiger partial charge in [0.2, 0.25) is 0 Å². The number of hydrogen-bond donors (Lipinski definition) is 1. The van der Waals surface area contributed by atoms with E-state index in [4.69, 9.17) is 4.74 Å². The Labute approximate surface area is 166 Å². The van der Waals surface area contributed by atoms with Gasteiger partial charge in [-0.05, 0) is 36.6 Å². The number of H-pyrrole nitrogens is 1. The van der Waals surface area contributed by atoms with Crippen molar-refractivity contribution in [1.29, 1.82) is 0 Å². The Balaban J connectivity index is 1.95. The van der Waals surface area contributed by atoms with E-state index in [0.29, 0.717) is 5.56 Å². The number of nitrogens with zero attached hydrogens (tertiary/aromatic N) is 2. The molecule has 0 saturated carbocycles. The molecule has 0 saturated heterocycles. The van der Waals surface area contributed by atoms with Crippen molar-refractivity contribution in [3.63, 3.8) is 0 Å². The predicted molar refractivity (Wildman–Crippen MR) is 109 cm³/mol. The van der Waals surface area contributed by atoms with Crippen LogP contribution in [0.3, 0.4) is 0 Å². The number of nitro benzene ring substituents is 1. The number of carbonyl (C=O) groups excluding carboxylic acids is 1. The van der Waals surface area contributed by atoms with Gasteiger partial charge in [-0.2, -0.15) is 0 Å². The largest absolute Gasteiger partial charge is 0.383 e. The van der Waals surface area contributed by atoms with Gasteiger partial charge < -0.3 is 14.6 Å². The Morgan fingerprint density at radius 3 is 2.72 bits per heavy atom. The second-order valence-corrected chi connectivity index (χ2v) is 6.74. The van der Waals surface area contributed by atoms with E-state index in [0.717, 1.165) is 16.5 Å². The van der Waals surface area contributed by atoms with E-state index in [1.165, 1.54) is 36.3 Å². The lowest BCUT2D eigenvalue weighted by Gasteiger charge is -2.22. The molecule has 1 N–H and O–H groups in total. The highest BCUT2D eigenvalue weighted by Crippen LogP contribution is 2.17. The summed E-state index contributed by atoms with van der Waals surface area (Å²) in [5.74, 6) is -0.408. The fourth-order valence-corrected chi connectivity index (χ4v) is 3.08. The number of pyridine rings is 1. The average Bonchev–Trinajstić information content (AvgIpc) is 2.71. The minimum absolute atomic E-state index is 0.0596. The standard InChI is InChI=1S/C21H21N3O5/c1-14-6-7-19-16(10-14)11-17(20(25)22-19)13-23(8-9-29-2)21(26)15-4-3-5-18(12-15)24(27)28/h3-7,10-12H,8-9,13H2,1-2H3,(H,22,25). The highest BCUT2D eigenvalue weighted by atomic mass is 16.6. The number of methoxy groups -OCH3 is 1. The number of non-ortho nitro benzene ring substituents is 1. The van der Waals surface area contributed by atoms with Crippen LogP contribution in [0.4, 0.5) is 5.69 Å². The quantitative estimate of drug-likeness (QED) is 0.489. The molecule has 3 rings (SSSR count). The highest BCUT2D eigenvalue weighted by Gasteiger charge is 2.20. The molecule has 1 aromatic heterocycles. The van der Waals surface area contributed by atoms with Crippen LogP contribution in [0.5, 0.6) is 0 Å². The van der Waals surface area contributed by atoms with Crippen molar-refractivity contribution in [1.82, 2.24) is 9.88 Å². The number of nitrogens with one attached hydrogen (secondary N) is 1. The molecule has 8 nitrogen and oxygen atoms in total. The molecule has 0 bridgehead atoms. The zero-order valence-electron chi connectivity index (χ0n) is 16.2. The van der Waals surface area contributed by atoms with Crippen LogP contribution in [0, 0.1) is 17.0 Å². The van der Waals surface area contributed by atoms with Crippen molar-refractivity contribution < 1.29 is 14.5 Å². The summed E-state index contributed by atoms with van der Waals surface area (Å²) in [4.78, 5) is 40.3. The second-order valence-electron chi connectivity index (χ2n) is 6.74. The molecular weight excluding hydrogens is 374 g/mol. The first-order chi connectivity index (χ1) is 13.9. The third-order valence-electron chi connectivity index (χ3n) is 4.59. The monoisotopic (exact) mass is 395 g/mol. The molecule has 0 aliphatic carbocycles. The van der Waals surface area contributed by atoms with Crippen molar-refractivity contribution in [2.45, 2.75) is 13.5 Å². The summed E-state index contributed by atoms with van der Waals surface area (Å²) in [6.45, 7) is 2.53. The molecule has 0 radical (unpaired) electrons. The van der Waals surface area contributed by atoms with E-state index in [2.05, 4.69) is 4.98 Å². The molecule has 1 heterocycles. The van der Waals surface area contributed by atoms with Gasteiger partial charge in [-0.25, -0.2) is 0 Å². The fourth-order valence-electron chi connectivity index (χ4n) is 3.08. The zero-order valence-corrected chi connectivity index (χ0v) is 16.2. The van der Waals surface area contributed by atoms with Crippen LogP contribution in [-0.2, 0) is 11.3 Å². The summed E-state index contributed by atoms with van der Waals surface area (Å²) in [6, 6.07) is 13.0. The Bertz CT molecular complexity index is 1120. The van der Waals surface area contributed by atoms with Crippen LogP contribution in [0.1, 0.15) is 21.5 Å². The topological polar surface area (TPSA) is 106 Å². The molecule has 0 aliphatic heterocycles. The number of rotatable bonds is 7. The normalized spacial score (nSPS) is 10.8. The number of fused-ring (bicyclic) bond motifs is 1. The van der Waals surface area contributed by atoms with Crippen LogP contribution in [0.2, 0.25) is 0 Å². The number of carbonyl (C=O) groups is 1. The van der Waals surface area contributed by atoms with E-state index >= 15 is 0 Å². The van der Waals surface area contributed by atoms with Gasteiger partial charge in [0, 0.05) is 42.4 Å². The molecule has 2 aromatic carbocycles. The summed E-state index contributed by atoms with van der Waals surface area (Å²) in [7, 11) is 1.52. The predicted octanol–water partition coefficient (Wildman–Crippen LogP) is 3.03. The van der Waals surface area contributed by atoms with E-state index < -0.39 is 10.8 Å². The number of amides is 1. The molecule has 0 aliphatic rings. The molecule has 150 valence electrons. The summed E-state index contributed by atoms with van der Waals surface area (Å²) >= 11 is 0. The summed E-state index contributed by atoms with van der Waals surface area (Å²) in [5.41, 5.74) is 1.94. The lowest BCUT2D eigenvalue weighted by molar-refractivity contribution is -0.384. The van der Waals surface area contributed by atoms with Gasteiger partial charge in [0.05, 0.1) is 18.1 Å². The highest BCUT2D eigenvalue weighted by molar-refractivity contribution is 5.95. The van der Waals surface area contributed by atoms with Gasteiger partial charge in [0.15, 0.2) is 0 Å². The molecule has 0 fully saturated rings. The minimum Gasteiger partial charge on any atom is -0.383 e. The van der Waals surface area contributed by atoms with Gasteiger partial charge in [-0.1, -0.05) is 17.7 Å². The average molecular weight is 395 g/mol.